The number of ether oxygens (including phenoxy) is 1. The van der Waals surface area contributed by atoms with Crippen molar-refractivity contribution in [1.82, 2.24) is 25.3 Å². The summed E-state index contributed by atoms with van der Waals surface area (Å²) in [6.07, 6.45) is 5.57. The fourth-order valence-corrected chi connectivity index (χ4v) is 5.44. The fourth-order valence-electron chi connectivity index (χ4n) is 5.44. The summed E-state index contributed by atoms with van der Waals surface area (Å²) in [5.41, 5.74) is 3.24. The predicted octanol–water partition coefficient (Wildman–Crippen LogP) is 1.80. The third-order valence-corrected chi connectivity index (χ3v) is 6.93. The maximum Gasteiger partial charge on any atom is 0.271 e. The number of fused-ring (bicyclic) bond motifs is 1. The standard InChI is InChI=1S/C21H27N5O3/c1-12-6-23-18(8-22-12)20(27)24-7-15-17-10-26(9-16-13(2)25-29-14(16)3)11-21(17)5-4-19(15)28-21/h6,8,15,17,19H,4-5,7,9-11H2,1-3H3,(H,24,27)/t15-,17+,19+,21+/m0/s1. The normalized spacial score (nSPS) is 30.7. The molecule has 3 fully saturated rings. The molecule has 3 aliphatic heterocycles. The molecule has 154 valence electrons. The number of hydrogen-bond acceptors (Lipinski definition) is 7. The third-order valence-electron chi connectivity index (χ3n) is 6.93. The summed E-state index contributed by atoms with van der Waals surface area (Å²) in [5.74, 6) is 1.50. The van der Waals surface area contributed by atoms with E-state index in [4.69, 9.17) is 9.26 Å². The van der Waals surface area contributed by atoms with Gasteiger partial charge in [0, 0.05) is 49.8 Å². The van der Waals surface area contributed by atoms with Gasteiger partial charge in [0.1, 0.15) is 11.5 Å². The van der Waals surface area contributed by atoms with Crippen molar-refractivity contribution >= 4 is 5.91 Å². The highest BCUT2D eigenvalue weighted by atomic mass is 16.5. The Kier molecular flexibility index (Phi) is 4.43. The molecule has 1 spiro atoms. The van der Waals surface area contributed by atoms with Crippen molar-refractivity contribution in [1.29, 1.82) is 0 Å². The van der Waals surface area contributed by atoms with Gasteiger partial charge in [-0.25, -0.2) is 4.98 Å². The van der Waals surface area contributed by atoms with Gasteiger partial charge in [0.05, 0.1) is 29.3 Å². The maximum absolute atomic E-state index is 12.5. The Labute approximate surface area is 170 Å². The van der Waals surface area contributed by atoms with E-state index < -0.39 is 0 Å². The first kappa shape index (κ1) is 18.7. The van der Waals surface area contributed by atoms with Crippen molar-refractivity contribution in [3.8, 4) is 0 Å². The second-order valence-electron chi connectivity index (χ2n) is 8.76. The van der Waals surface area contributed by atoms with Gasteiger partial charge in [-0.05, 0) is 33.6 Å². The third kappa shape index (κ3) is 3.14. The Morgan fingerprint density at radius 3 is 2.90 bits per heavy atom. The molecule has 1 N–H and O–H groups in total. The second kappa shape index (κ2) is 6.88. The van der Waals surface area contributed by atoms with Crippen LogP contribution in [0.2, 0.25) is 0 Å². The van der Waals surface area contributed by atoms with Crippen molar-refractivity contribution in [2.75, 3.05) is 19.6 Å². The van der Waals surface area contributed by atoms with Gasteiger partial charge in [0.15, 0.2) is 0 Å². The quantitative estimate of drug-likeness (QED) is 0.822. The first-order valence-corrected chi connectivity index (χ1v) is 10.3. The van der Waals surface area contributed by atoms with Crippen molar-refractivity contribution < 1.29 is 14.1 Å². The highest BCUT2D eigenvalue weighted by molar-refractivity contribution is 5.91. The lowest BCUT2D eigenvalue weighted by Crippen LogP contribution is -2.42. The van der Waals surface area contributed by atoms with Gasteiger partial charge < -0.3 is 14.6 Å². The molecule has 5 rings (SSSR count). The highest BCUT2D eigenvalue weighted by Gasteiger charge is 2.62. The van der Waals surface area contributed by atoms with Crippen molar-refractivity contribution in [3.05, 3.63) is 40.8 Å². The predicted molar refractivity (Wildman–Crippen MR) is 104 cm³/mol. The number of aryl methyl sites for hydroxylation is 3. The summed E-state index contributed by atoms with van der Waals surface area (Å²) >= 11 is 0. The van der Waals surface area contributed by atoms with E-state index >= 15 is 0 Å². The van der Waals surface area contributed by atoms with Crippen LogP contribution in [0, 0.1) is 32.6 Å². The van der Waals surface area contributed by atoms with Crippen LogP contribution in [0.4, 0.5) is 0 Å². The van der Waals surface area contributed by atoms with Crippen LogP contribution < -0.4 is 5.32 Å². The van der Waals surface area contributed by atoms with Crippen LogP contribution in [0.1, 0.15) is 46.0 Å². The molecule has 29 heavy (non-hydrogen) atoms. The van der Waals surface area contributed by atoms with Crippen molar-refractivity contribution in [2.24, 2.45) is 11.8 Å². The van der Waals surface area contributed by atoms with Crippen LogP contribution in [0.3, 0.4) is 0 Å². The van der Waals surface area contributed by atoms with Gasteiger partial charge >= 0.3 is 0 Å². The zero-order valence-corrected chi connectivity index (χ0v) is 17.1. The van der Waals surface area contributed by atoms with E-state index in [1.807, 2.05) is 20.8 Å². The number of likely N-dealkylation sites (tertiary alicyclic amines) is 1. The molecule has 1 amide bonds. The molecule has 2 bridgehead atoms. The molecule has 0 aliphatic carbocycles. The Morgan fingerprint density at radius 1 is 1.31 bits per heavy atom. The molecule has 3 saturated heterocycles. The van der Waals surface area contributed by atoms with Crippen LogP contribution >= 0.6 is 0 Å². The monoisotopic (exact) mass is 397 g/mol. The maximum atomic E-state index is 12.5. The number of amides is 1. The fraction of sp³-hybridized carbons (Fsp3) is 0.619. The number of nitrogens with zero attached hydrogens (tertiary/aromatic N) is 4. The molecule has 5 heterocycles. The van der Waals surface area contributed by atoms with Crippen LogP contribution in [0.5, 0.6) is 0 Å². The number of aromatic nitrogens is 3. The largest absolute Gasteiger partial charge is 0.370 e. The minimum Gasteiger partial charge on any atom is -0.370 e. The lowest BCUT2D eigenvalue weighted by molar-refractivity contribution is 0.00207. The molecule has 4 atom stereocenters. The lowest BCUT2D eigenvalue weighted by Gasteiger charge is -2.29. The first-order valence-electron chi connectivity index (χ1n) is 10.3. The molecule has 0 radical (unpaired) electrons. The summed E-state index contributed by atoms with van der Waals surface area (Å²) in [4.78, 5) is 23.3. The minimum atomic E-state index is -0.167. The van der Waals surface area contributed by atoms with Crippen LogP contribution in [-0.4, -0.2) is 57.3 Å². The van der Waals surface area contributed by atoms with E-state index in [0.29, 0.717) is 24.1 Å². The summed E-state index contributed by atoms with van der Waals surface area (Å²) in [6.45, 7) is 9.19. The Balaban J connectivity index is 1.25. The zero-order chi connectivity index (χ0) is 20.2. The molecular formula is C21H27N5O3. The van der Waals surface area contributed by atoms with Crippen LogP contribution in [-0.2, 0) is 11.3 Å². The molecular weight excluding hydrogens is 370 g/mol. The van der Waals surface area contributed by atoms with Gasteiger partial charge in [-0.15, -0.1) is 0 Å². The molecule has 2 aromatic rings. The molecule has 3 aliphatic rings. The van der Waals surface area contributed by atoms with Gasteiger partial charge in [0.2, 0.25) is 0 Å². The Hall–Kier alpha value is -2.32. The first-order chi connectivity index (χ1) is 13.9. The Bertz CT molecular complexity index is 907. The number of carbonyl (C=O) groups excluding carboxylic acids is 1. The summed E-state index contributed by atoms with van der Waals surface area (Å²) in [5, 5.41) is 7.15. The summed E-state index contributed by atoms with van der Waals surface area (Å²) in [6, 6.07) is 0. The molecule has 8 nitrogen and oxygen atoms in total. The van der Waals surface area contributed by atoms with Gasteiger partial charge in [0.25, 0.3) is 5.91 Å². The topological polar surface area (TPSA) is 93.4 Å². The highest BCUT2D eigenvalue weighted by Crippen LogP contribution is 2.54. The van der Waals surface area contributed by atoms with E-state index in [1.165, 1.54) is 11.8 Å². The smallest absolute Gasteiger partial charge is 0.271 e. The zero-order valence-electron chi connectivity index (χ0n) is 17.1. The van der Waals surface area contributed by atoms with E-state index in [0.717, 1.165) is 49.6 Å². The molecule has 2 aromatic heterocycles. The van der Waals surface area contributed by atoms with Crippen LogP contribution in [0.25, 0.3) is 0 Å². The van der Waals surface area contributed by atoms with E-state index in [9.17, 15) is 4.79 Å². The number of rotatable bonds is 5. The van der Waals surface area contributed by atoms with Gasteiger partial charge in [-0.1, -0.05) is 5.16 Å². The second-order valence-corrected chi connectivity index (χ2v) is 8.76. The molecule has 0 saturated carbocycles. The van der Waals surface area contributed by atoms with Crippen LogP contribution in [0.15, 0.2) is 16.9 Å². The summed E-state index contributed by atoms with van der Waals surface area (Å²) in [7, 11) is 0. The minimum absolute atomic E-state index is 0.0668. The average molecular weight is 397 g/mol. The SMILES string of the molecule is Cc1cnc(C(=O)NC[C@H]2[C@H]3CN(Cc4c(C)noc4C)C[C@]34CC[C@H]2O4)cn1. The number of hydrogen-bond donors (Lipinski definition) is 1. The van der Waals surface area contributed by atoms with Crippen molar-refractivity contribution in [3.63, 3.8) is 0 Å². The molecule has 8 heteroatoms. The van der Waals surface area contributed by atoms with Gasteiger partial charge in [-0.3, -0.25) is 14.7 Å². The summed E-state index contributed by atoms with van der Waals surface area (Å²) < 4.78 is 11.8. The van der Waals surface area contributed by atoms with Crippen molar-refractivity contribution in [2.45, 2.75) is 51.9 Å². The Morgan fingerprint density at radius 2 is 2.17 bits per heavy atom. The van der Waals surface area contributed by atoms with E-state index in [-0.39, 0.29) is 17.6 Å². The lowest BCUT2D eigenvalue weighted by atomic mass is 9.73. The average Bonchev–Trinajstić information content (AvgIpc) is 3.43. The van der Waals surface area contributed by atoms with E-state index in [1.54, 1.807) is 6.20 Å². The molecule has 0 aromatic carbocycles. The van der Waals surface area contributed by atoms with Gasteiger partial charge in [-0.2, -0.15) is 0 Å². The molecule has 0 unspecified atom stereocenters. The number of carbonyl (C=O) groups is 1. The van der Waals surface area contributed by atoms with E-state index in [2.05, 4.69) is 25.3 Å². The number of nitrogens with one attached hydrogen (secondary N) is 1.